The van der Waals surface area contributed by atoms with Gasteiger partial charge in [-0.25, -0.2) is 0 Å². The quantitative estimate of drug-likeness (QED) is 0.754. The van der Waals surface area contributed by atoms with Gasteiger partial charge in [0.2, 0.25) is 5.91 Å². The Hall–Kier alpha value is -2.35. The fourth-order valence-corrected chi connectivity index (χ4v) is 2.06. The number of hydrogen-bond acceptors (Lipinski definition) is 1. The molecule has 0 aliphatic rings. The van der Waals surface area contributed by atoms with E-state index in [4.69, 9.17) is 0 Å². The second-order valence-electron chi connectivity index (χ2n) is 4.79. The minimum absolute atomic E-state index is 0.0833. The Morgan fingerprint density at radius 2 is 1.75 bits per heavy atom. The molecule has 1 amide bonds. The summed E-state index contributed by atoms with van der Waals surface area (Å²) < 4.78 is 0. The summed E-state index contributed by atoms with van der Waals surface area (Å²) in [5.74, 6) is 0.0833. The second kappa shape index (κ2) is 6.71. The van der Waals surface area contributed by atoms with Crippen LogP contribution >= 0.6 is 0 Å². The number of benzene rings is 2. The second-order valence-corrected chi connectivity index (χ2v) is 4.79. The van der Waals surface area contributed by atoms with E-state index in [2.05, 4.69) is 6.58 Å². The van der Waals surface area contributed by atoms with Gasteiger partial charge in [-0.2, -0.15) is 0 Å². The third kappa shape index (κ3) is 3.58. The Morgan fingerprint density at radius 1 is 1.10 bits per heavy atom. The lowest BCUT2D eigenvalue weighted by molar-refractivity contribution is -0.117. The first kappa shape index (κ1) is 14.1. The summed E-state index contributed by atoms with van der Waals surface area (Å²) in [7, 11) is 0. The number of carbonyl (C=O) groups is 1. The van der Waals surface area contributed by atoms with Gasteiger partial charge in [-0.3, -0.25) is 4.79 Å². The predicted octanol–water partition coefficient (Wildman–Crippen LogP) is 3.76. The molecule has 0 saturated carbocycles. The van der Waals surface area contributed by atoms with Crippen molar-refractivity contribution in [3.8, 4) is 0 Å². The van der Waals surface area contributed by atoms with Gasteiger partial charge in [-0.1, -0.05) is 54.1 Å². The maximum atomic E-state index is 12.5. The van der Waals surface area contributed by atoms with E-state index in [1.54, 1.807) is 11.0 Å². The van der Waals surface area contributed by atoms with Crippen LogP contribution in [-0.2, 0) is 11.2 Å². The van der Waals surface area contributed by atoms with Gasteiger partial charge in [0.15, 0.2) is 0 Å². The van der Waals surface area contributed by atoms with Crippen molar-refractivity contribution in [2.24, 2.45) is 0 Å². The van der Waals surface area contributed by atoms with Gasteiger partial charge in [0, 0.05) is 12.2 Å². The van der Waals surface area contributed by atoms with E-state index in [0.717, 1.165) is 11.3 Å². The Kier molecular flexibility index (Phi) is 4.72. The molecule has 20 heavy (non-hydrogen) atoms. The van der Waals surface area contributed by atoms with Crippen LogP contribution in [0.3, 0.4) is 0 Å². The molecule has 0 bridgehead atoms. The zero-order chi connectivity index (χ0) is 14.4. The van der Waals surface area contributed by atoms with Crippen molar-refractivity contribution in [3.05, 3.63) is 78.4 Å². The van der Waals surface area contributed by atoms with Gasteiger partial charge in [-0.15, -0.1) is 6.58 Å². The summed E-state index contributed by atoms with van der Waals surface area (Å²) in [6.45, 7) is 6.30. The number of anilines is 1. The zero-order valence-electron chi connectivity index (χ0n) is 11.8. The molecule has 2 rings (SSSR count). The highest BCUT2D eigenvalue weighted by atomic mass is 16.2. The van der Waals surface area contributed by atoms with Gasteiger partial charge in [0.1, 0.15) is 0 Å². The fourth-order valence-electron chi connectivity index (χ4n) is 2.06. The summed E-state index contributed by atoms with van der Waals surface area (Å²) in [6.07, 6.45) is 2.16. The molecule has 2 aromatic carbocycles. The summed E-state index contributed by atoms with van der Waals surface area (Å²) in [4.78, 5) is 14.2. The third-order valence-electron chi connectivity index (χ3n) is 3.16. The number of hydrogen-bond donors (Lipinski definition) is 0. The van der Waals surface area contributed by atoms with Crippen molar-refractivity contribution < 1.29 is 4.79 Å². The lowest BCUT2D eigenvalue weighted by Gasteiger charge is -2.21. The smallest absolute Gasteiger partial charge is 0.231 e. The van der Waals surface area contributed by atoms with Crippen LogP contribution in [0.15, 0.2) is 67.3 Å². The standard InChI is InChI=1S/C18H19NO/c1-3-13-19(17-7-5-4-6-8-17)18(20)14-16-11-9-15(2)10-12-16/h3-12H,1,13-14H2,2H3. The molecule has 102 valence electrons. The lowest BCUT2D eigenvalue weighted by atomic mass is 10.1. The van der Waals surface area contributed by atoms with Crippen molar-refractivity contribution in [1.29, 1.82) is 0 Å². The van der Waals surface area contributed by atoms with Crippen LogP contribution in [0.5, 0.6) is 0 Å². The Labute approximate surface area is 120 Å². The highest BCUT2D eigenvalue weighted by molar-refractivity contribution is 5.94. The van der Waals surface area contributed by atoms with E-state index >= 15 is 0 Å². The molecule has 2 aromatic rings. The molecular formula is C18H19NO. The van der Waals surface area contributed by atoms with Crippen LogP contribution in [0.4, 0.5) is 5.69 Å². The molecule has 2 nitrogen and oxygen atoms in total. The van der Waals surface area contributed by atoms with Gasteiger partial charge in [0.05, 0.1) is 6.42 Å². The number of amides is 1. The number of rotatable bonds is 5. The van der Waals surface area contributed by atoms with Crippen LogP contribution in [0.1, 0.15) is 11.1 Å². The Morgan fingerprint density at radius 3 is 2.35 bits per heavy atom. The molecule has 0 fully saturated rings. The molecule has 0 N–H and O–H groups in total. The molecule has 0 spiro atoms. The van der Waals surface area contributed by atoms with E-state index in [0.29, 0.717) is 13.0 Å². The van der Waals surface area contributed by atoms with Crippen LogP contribution < -0.4 is 4.90 Å². The fraction of sp³-hybridized carbons (Fsp3) is 0.167. The van der Waals surface area contributed by atoms with Crippen LogP contribution in [0.25, 0.3) is 0 Å². The zero-order valence-corrected chi connectivity index (χ0v) is 11.8. The average Bonchev–Trinajstić information content (AvgIpc) is 2.48. The van der Waals surface area contributed by atoms with E-state index in [-0.39, 0.29) is 5.91 Å². The molecule has 0 saturated heterocycles. The van der Waals surface area contributed by atoms with Gasteiger partial charge in [0.25, 0.3) is 0 Å². The largest absolute Gasteiger partial charge is 0.308 e. The minimum atomic E-state index is 0.0833. The van der Waals surface area contributed by atoms with E-state index in [1.165, 1.54) is 5.56 Å². The first-order chi connectivity index (χ1) is 9.70. The maximum Gasteiger partial charge on any atom is 0.231 e. The molecular weight excluding hydrogens is 246 g/mol. The minimum Gasteiger partial charge on any atom is -0.308 e. The first-order valence-corrected chi connectivity index (χ1v) is 6.72. The Balaban J connectivity index is 2.15. The Bertz CT molecular complexity index is 572. The summed E-state index contributed by atoms with van der Waals surface area (Å²) in [5.41, 5.74) is 3.14. The van der Waals surface area contributed by atoms with Crippen molar-refractivity contribution in [2.45, 2.75) is 13.3 Å². The number of para-hydroxylation sites is 1. The number of aryl methyl sites for hydroxylation is 1. The monoisotopic (exact) mass is 265 g/mol. The van der Waals surface area contributed by atoms with Gasteiger partial charge >= 0.3 is 0 Å². The van der Waals surface area contributed by atoms with Crippen molar-refractivity contribution in [2.75, 3.05) is 11.4 Å². The van der Waals surface area contributed by atoms with E-state index in [1.807, 2.05) is 61.5 Å². The van der Waals surface area contributed by atoms with E-state index < -0.39 is 0 Å². The number of carbonyl (C=O) groups excluding carboxylic acids is 1. The topological polar surface area (TPSA) is 20.3 Å². The third-order valence-corrected chi connectivity index (χ3v) is 3.16. The number of nitrogens with zero attached hydrogens (tertiary/aromatic N) is 1. The predicted molar refractivity (Wildman–Crippen MR) is 83.9 cm³/mol. The SMILES string of the molecule is C=CCN(C(=O)Cc1ccc(C)cc1)c1ccccc1. The molecule has 0 atom stereocenters. The van der Waals surface area contributed by atoms with Gasteiger partial charge in [-0.05, 0) is 24.6 Å². The molecule has 0 aliphatic heterocycles. The molecule has 2 heteroatoms. The van der Waals surface area contributed by atoms with Crippen LogP contribution in [-0.4, -0.2) is 12.5 Å². The van der Waals surface area contributed by atoms with Gasteiger partial charge < -0.3 is 4.90 Å². The first-order valence-electron chi connectivity index (χ1n) is 6.72. The summed E-state index contributed by atoms with van der Waals surface area (Å²) in [5, 5.41) is 0. The molecule has 0 radical (unpaired) electrons. The molecule has 0 unspecified atom stereocenters. The molecule has 0 aliphatic carbocycles. The molecule has 0 aromatic heterocycles. The average molecular weight is 265 g/mol. The van der Waals surface area contributed by atoms with Crippen LogP contribution in [0.2, 0.25) is 0 Å². The maximum absolute atomic E-state index is 12.5. The summed E-state index contributed by atoms with van der Waals surface area (Å²) >= 11 is 0. The van der Waals surface area contributed by atoms with Crippen molar-refractivity contribution in [3.63, 3.8) is 0 Å². The van der Waals surface area contributed by atoms with Crippen molar-refractivity contribution in [1.82, 2.24) is 0 Å². The highest BCUT2D eigenvalue weighted by Gasteiger charge is 2.14. The highest BCUT2D eigenvalue weighted by Crippen LogP contribution is 2.15. The van der Waals surface area contributed by atoms with Crippen LogP contribution in [0, 0.1) is 6.92 Å². The van der Waals surface area contributed by atoms with Crippen molar-refractivity contribution >= 4 is 11.6 Å². The summed E-state index contributed by atoms with van der Waals surface area (Å²) in [6, 6.07) is 17.8. The normalized spacial score (nSPS) is 10.1. The van der Waals surface area contributed by atoms with E-state index in [9.17, 15) is 4.79 Å². The molecule has 0 heterocycles. The lowest BCUT2D eigenvalue weighted by Crippen LogP contribution is -2.32.